The minimum absolute atomic E-state index is 0.105. The summed E-state index contributed by atoms with van der Waals surface area (Å²) in [5, 5.41) is 10.2. The van der Waals surface area contributed by atoms with Crippen molar-refractivity contribution in [2.45, 2.75) is 25.5 Å². The largest absolute Gasteiger partial charge is 0.481 e. The monoisotopic (exact) mass is 394 g/mol. The van der Waals surface area contributed by atoms with Gasteiger partial charge in [0.15, 0.2) is 0 Å². The number of likely N-dealkylation sites (N-methyl/N-ethyl adjacent to an activating group) is 1. The number of carboxylic acid groups (broad SMARTS) is 1. The van der Waals surface area contributed by atoms with Gasteiger partial charge in [0.05, 0.1) is 11.9 Å². The van der Waals surface area contributed by atoms with Crippen LogP contribution in [-0.4, -0.2) is 46.1 Å². The summed E-state index contributed by atoms with van der Waals surface area (Å²) >= 11 is 0. The van der Waals surface area contributed by atoms with Crippen molar-refractivity contribution in [3.05, 3.63) is 71.9 Å². The van der Waals surface area contributed by atoms with E-state index in [9.17, 15) is 19.5 Å². The van der Waals surface area contributed by atoms with Crippen molar-refractivity contribution in [3.63, 3.8) is 0 Å². The average Bonchev–Trinajstić information content (AvgIpc) is 3.09. The van der Waals surface area contributed by atoms with Gasteiger partial charge in [-0.25, -0.2) is 4.79 Å². The lowest BCUT2D eigenvalue weighted by Gasteiger charge is -2.26. The number of rotatable bonds is 8. The van der Waals surface area contributed by atoms with Gasteiger partial charge in [0, 0.05) is 24.7 Å². The van der Waals surface area contributed by atoms with Crippen LogP contribution < -0.4 is 0 Å². The number of aliphatic carboxylic acids is 1. The van der Waals surface area contributed by atoms with Gasteiger partial charge in [-0.15, -0.1) is 0 Å². The number of hydrogen-bond acceptors (Lipinski definition) is 4. The molecule has 2 aromatic carbocycles. The van der Waals surface area contributed by atoms with Gasteiger partial charge in [-0.1, -0.05) is 48.5 Å². The summed E-state index contributed by atoms with van der Waals surface area (Å²) in [7, 11) is 1.53. The molecule has 0 unspecified atom stereocenters. The van der Waals surface area contributed by atoms with Crippen LogP contribution in [0, 0.1) is 0 Å². The number of fused-ring (bicyclic) bond motifs is 1. The van der Waals surface area contributed by atoms with Gasteiger partial charge in [-0.2, -0.15) is 0 Å². The summed E-state index contributed by atoms with van der Waals surface area (Å²) in [5.74, 6) is -1.02. The standard InChI is InChI=1S/C22H22N2O5/c1-23(22(28)29-14-16-7-3-2-4-8-16)18(12-21(26)27)11-17-13-24(15-25)20-10-6-5-9-19(17)20/h2-10,13,15,18H,11-12,14H2,1H3,(H,26,27)/t18-/m0/s1. The normalized spacial score (nSPS) is 11.8. The Morgan fingerprint density at radius 3 is 2.52 bits per heavy atom. The summed E-state index contributed by atoms with van der Waals surface area (Å²) in [5.41, 5.74) is 2.38. The second-order valence-electron chi connectivity index (χ2n) is 6.79. The Morgan fingerprint density at radius 2 is 1.83 bits per heavy atom. The van der Waals surface area contributed by atoms with Gasteiger partial charge in [0.25, 0.3) is 0 Å². The first kappa shape index (κ1) is 20.1. The highest BCUT2D eigenvalue weighted by Gasteiger charge is 2.25. The molecule has 1 aromatic heterocycles. The summed E-state index contributed by atoms with van der Waals surface area (Å²) < 4.78 is 6.79. The Bertz CT molecular complexity index is 1010. The molecular weight excluding hydrogens is 372 g/mol. The fourth-order valence-corrected chi connectivity index (χ4v) is 3.30. The molecule has 0 spiro atoms. The lowest BCUT2D eigenvalue weighted by Crippen LogP contribution is -2.40. The van der Waals surface area contributed by atoms with Crippen LogP contribution in [0.15, 0.2) is 60.8 Å². The van der Waals surface area contributed by atoms with Crippen LogP contribution in [0.1, 0.15) is 17.5 Å². The predicted molar refractivity (Wildman–Crippen MR) is 108 cm³/mol. The smallest absolute Gasteiger partial charge is 0.410 e. The van der Waals surface area contributed by atoms with E-state index in [0.29, 0.717) is 6.41 Å². The summed E-state index contributed by atoms with van der Waals surface area (Å²) in [6.07, 6.45) is 1.83. The molecule has 150 valence electrons. The van der Waals surface area contributed by atoms with E-state index < -0.39 is 18.1 Å². The molecule has 7 heteroatoms. The van der Waals surface area contributed by atoms with Gasteiger partial charge in [0.1, 0.15) is 6.61 Å². The SMILES string of the molecule is CN(C(=O)OCc1ccccc1)[C@H](CC(=O)O)Cc1cn(C=O)c2ccccc12. The molecular formula is C22H22N2O5. The van der Waals surface area contributed by atoms with E-state index in [1.165, 1.54) is 16.5 Å². The van der Waals surface area contributed by atoms with E-state index in [1.807, 2.05) is 54.6 Å². The number of carboxylic acids is 1. The zero-order valence-electron chi connectivity index (χ0n) is 16.0. The van der Waals surface area contributed by atoms with E-state index in [-0.39, 0.29) is 19.4 Å². The molecule has 0 aliphatic heterocycles. The molecule has 1 amide bonds. The van der Waals surface area contributed by atoms with E-state index in [2.05, 4.69) is 0 Å². The zero-order valence-corrected chi connectivity index (χ0v) is 16.0. The lowest BCUT2D eigenvalue weighted by atomic mass is 10.0. The Labute approximate surface area is 168 Å². The third-order valence-electron chi connectivity index (χ3n) is 4.84. The Balaban J connectivity index is 1.78. The lowest BCUT2D eigenvalue weighted by molar-refractivity contribution is -0.138. The molecule has 1 heterocycles. The minimum Gasteiger partial charge on any atom is -0.481 e. The number of nitrogens with zero attached hydrogens (tertiary/aromatic N) is 2. The van der Waals surface area contributed by atoms with E-state index in [0.717, 1.165) is 22.0 Å². The first-order valence-corrected chi connectivity index (χ1v) is 9.18. The molecule has 0 aliphatic rings. The number of aromatic nitrogens is 1. The van der Waals surface area contributed by atoms with E-state index in [1.54, 1.807) is 6.20 Å². The predicted octanol–water partition coefficient (Wildman–Crippen LogP) is 3.33. The molecule has 0 saturated carbocycles. The van der Waals surface area contributed by atoms with Gasteiger partial charge in [-0.05, 0) is 23.6 Å². The fourth-order valence-electron chi connectivity index (χ4n) is 3.30. The highest BCUT2D eigenvalue weighted by Crippen LogP contribution is 2.23. The van der Waals surface area contributed by atoms with Crippen LogP contribution in [0.3, 0.4) is 0 Å². The van der Waals surface area contributed by atoms with E-state index >= 15 is 0 Å². The number of amides is 1. The highest BCUT2D eigenvalue weighted by molar-refractivity contribution is 5.88. The van der Waals surface area contributed by atoms with Crippen molar-refractivity contribution >= 4 is 29.4 Å². The maximum Gasteiger partial charge on any atom is 0.410 e. The number of para-hydroxylation sites is 1. The molecule has 0 bridgehead atoms. The van der Waals surface area contributed by atoms with Gasteiger partial charge in [-0.3, -0.25) is 14.2 Å². The Kier molecular flexibility index (Phi) is 6.29. The zero-order chi connectivity index (χ0) is 20.8. The quantitative estimate of drug-likeness (QED) is 0.592. The van der Waals surface area contributed by atoms with E-state index in [4.69, 9.17) is 4.74 Å². The van der Waals surface area contributed by atoms with Gasteiger partial charge >= 0.3 is 12.1 Å². The first-order valence-electron chi connectivity index (χ1n) is 9.18. The first-order chi connectivity index (χ1) is 14.0. The molecule has 3 aromatic rings. The third-order valence-corrected chi connectivity index (χ3v) is 4.84. The number of ether oxygens (including phenoxy) is 1. The van der Waals surface area contributed by atoms with Crippen molar-refractivity contribution in [2.75, 3.05) is 7.05 Å². The third kappa shape index (κ3) is 4.82. The number of carbonyl (C=O) groups is 3. The van der Waals surface area contributed by atoms with Crippen LogP contribution in [0.4, 0.5) is 4.79 Å². The van der Waals surface area contributed by atoms with Crippen LogP contribution in [0.25, 0.3) is 10.9 Å². The second kappa shape index (κ2) is 9.05. The van der Waals surface area contributed by atoms with Crippen LogP contribution >= 0.6 is 0 Å². The van der Waals surface area contributed by atoms with Gasteiger partial charge < -0.3 is 14.7 Å². The Morgan fingerprint density at radius 1 is 1.14 bits per heavy atom. The van der Waals surface area contributed by atoms with Crippen LogP contribution in [-0.2, 0) is 27.4 Å². The topological polar surface area (TPSA) is 88.8 Å². The minimum atomic E-state index is -1.02. The summed E-state index contributed by atoms with van der Waals surface area (Å²) in [4.78, 5) is 36.5. The number of hydrogen-bond donors (Lipinski definition) is 1. The van der Waals surface area contributed by atoms with Crippen LogP contribution in [0.5, 0.6) is 0 Å². The molecule has 0 aliphatic carbocycles. The van der Waals surface area contributed by atoms with Crippen LogP contribution in [0.2, 0.25) is 0 Å². The van der Waals surface area contributed by atoms with Gasteiger partial charge in [0.2, 0.25) is 6.41 Å². The van der Waals surface area contributed by atoms with Crippen molar-refractivity contribution in [1.82, 2.24) is 9.47 Å². The molecule has 1 atom stereocenters. The maximum absolute atomic E-state index is 12.5. The molecule has 1 N–H and O–H groups in total. The molecule has 0 fully saturated rings. The fraction of sp³-hybridized carbons (Fsp3) is 0.227. The van der Waals surface area contributed by atoms with Crippen molar-refractivity contribution in [1.29, 1.82) is 0 Å². The Hall–Kier alpha value is -3.61. The number of carbonyl (C=O) groups excluding carboxylic acids is 2. The average molecular weight is 394 g/mol. The molecule has 0 radical (unpaired) electrons. The molecule has 0 saturated heterocycles. The summed E-state index contributed by atoms with van der Waals surface area (Å²) in [6, 6.07) is 16.0. The highest BCUT2D eigenvalue weighted by atomic mass is 16.6. The summed E-state index contributed by atoms with van der Waals surface area (Å²) in [6.45, 7) is 0.105. The molecule has 29 heavy (non-hydrogen) atoms. The van der Waals surface area contributed by atoms with Crippen molar-refractivity contribution < 1.29 is 24.2 Å². The van der Waals surface area contributed by atoms with Crippen molar-refractivity contribution in [2.24, 2.45) is 0 Å². The van der Waals surface area contributed by atoms with Crippen molar-refractivity contribution in [3.8, 4) is 0 Å². The molecule has 3 rings (SSSR count). The maximum atomic E-state index is 12.5. The second-order valence-corrected chi connectivity index (χ2v) is 6.79. The molecule has 7 nitrogen and oxygen atoms in total. The number of benzene rings is 2.